The van der Waals surface area contributed by atoms with Crippen LogP contribution in [0.25, 0.3) is 11.4 Å². The number of rotatable bonds is 8. The van der Waals surface area contributed by atoms with Crippen LogP contribution in [0.5, 0.6) is 5.75 Å². The maximum atomic E-state index is 12.4. The third-order valence-electron chi connectivity index (χ3n) is 5.29. The van der Waals surface area contributed by atoms with Crippen molar-refractivity contribution in [1.29, 1.82) is 0 Å². The third kappa shape index (κ3) is 5.57. The molecule has 0 aliphatic heterocycles. The summed E-state index contributed by atoms with van der Waals surface area (Å²) in [7, 11) is 0. The lowest BCUT2D eigenvalue weighted by Crippen LogP contribution is -2.15. The predicted molar refractivity (Wildman–Crippen MR) is 130 cm³/mol. The van der Waals surface area contributed by atoms with Crippen LogP contribution < -0.4 is 10.1 Å². The van der Waals surface area contributed by atoms with Crippen LogP contribution in [0, 0.1) is 0 Å². The Balaban J connectivity index is 1.39. The molecule has 1 saturated carbocycles. The van der Waals surface area contributed by atoms with E-state index in [1.165, 1.54) is 24.6 Å². The minimum atomic E-state index is -0.181. The number of carbonyl (C=O) groups excluding carboxylic acids is 1. The van der Waals surface area contributed by atoms with E-state index in [-0.39, 0.29) is 11.7 Å². The molecule has 1 aromatic heterocycles. The molecule has 0 radical (unpaired) electrons. The van der Waals surface area contributed by atoms with Gasteiger partial charge >= 0.3 is 0 Å². The first-order valence-electron chi connectivity index (χ1n) is 10.6. The number of nitrogens with zero attached hydrogens (tertiary/aromatic N) is 3. The van der Waals surface area contributed by atoms with Crippen LogP contribution in [-0.4, -0.2) is 32.5 Å². The number of ether oxygens (including phenoxy) is 1. The van der Waals surface area contributed by atoms with Crippen molar-refractivity contribution < 1.29 is 9.53 Å². The Kier molecular flexibility index (Phi) is 7.60. The summed E-state index contributed by atoms with van der Waals surface area (Å²) in [6, 6.07) is 12.9. The van der Waals surface area contributed by atoms with Crippen molar-refractivity contribution in [2.75, 3.05) is 11.1 Å². The van der Waals surface area contributed by atoms with E-state index in [1.807, 2.05) is 35.8 Å². The molecule has 0 spiro atoms. The highest BCUT2D eigenvalue weighted by Crippen LogP contribution is 2.29. The van der Waals surface area contributed by atoms with Gasteiger partial charge < -0.3 is 14.6 Å². The number of hydrogen-bond acceptors (Lipinski definition) is 5. The Morgan fingerprint density at radius 1 is 1.16 bits per heavy atom. The number of amides is 1. The summed E-state index contributed by atoms with van der Waals surface area (Å²) in [6.07, 6.45) is 5.08. The zero-order valence-electron chi connectivity index (χ0n) is 17.7. The quantitative estimate of drug-likeness (QED) is 0.373. The summed E-state index contributed by atoms with van der Waals surface area (Å²) in [5, 5.41) is 13.1. The first-order chi connectivity index (χ1) is 15.5. The Morgan fingerprint density at radius 3 is 2.59 bits per heavy atom. The number of nitrogens with one attached hydrogen (secondary N) is 1. The van der Waals surface area contributed by atoms with Gasteiger partial charge in [-0.1, -0.05) is 35.0 Å². The number of benzene rings is 2. The van der Waals surface area contributed by atoms with Crippen molar-refractivity contribution in [3.63, 3.8) is 0 Å². The van der Waals surface area contributed by atoms with E-state index in [9.17, 15) is 4.79 Å². The highest BCUT2D eigenvalue weighted by molar-refractivity contribution is 7.99. The van der Waals surface area contributed by atoms with Crippen molar-refractivity contribution in [1.82, 2.24) is 14.8 Å². The van der Waals surface area contributed by atoms with Crippen LogP contribution in [0.1, 0.15) is 32.6 Å². The van der Waals surface area contributed by atoms with E-state index in [2.05, 4.69) is 15.5 Å². The maximum Gasteiger partial charge on any atom is 0.234 e. The minimum absolute atomic E-state index is 0.181. The second-order valence-corrected chi connectivity index (χ2v) is 9.35. The molecule has 0 saturated heterocycles. The first kappa shape index (κ1) is 23.0. The molecule has 3 aromatic rings. The third-order valence-corrected chi connectivity index (χ3v) is 6.80. The molecular formula is C23H24Cl2N4O2S. The average molecular weight is 491 g/mol. The molecule has 1 aliphatic carbocycles. The number of carbonyl (C=O) groups is 1. The smallest absolute Gasteiger partial charge is 0.234 e. The highest BCUT2D eigenvalue weighted by Gasteiger charge is 2.18. The summed E-state index contributed by atoms with van der Waals surface area (Å²) in [5.41, 5.74) is 1.49. The van der Waals surface area contributed by atoms with Crippen molar-refractivity contribution in [2.45, 2.75) is 50.4 Å². The molecule has 9 heteroatoms. The summed E-state index contributed by atoms with van der Waals surface area (Å²) < 4.78 is 8.05. The van der Waals surface area contributed by atoms with E-state index >= 15 is 0 Å². The van der Waals surface area contributed by atoms with E-state index in [4.69, 9.17) is 27.9 Å². The number of anilines is 1. The molecule has 1 fully saturated rings. The summed E-state index contributed by atoms with van der Waals surface area (Å²) >= 11 is 13.4. The predicted octanol–water partition coefficient (Wildman–Crippen LogP) is 6.32. The number of aromatic nitrogens is 3. The van der Waals surface area contributed by atoms with E-state index in [0.717, 1.165) is 30.0 Å². The van der Waals surface area contributed by atoms with Crippen LogP contribution in [0.4, 0.5) is 5.69 Å². The Bertz CT molecular complexity index is 1080. The molecule has 1 amide bonds. The SMILES string of the molecule is CCn1c(SCC(=O)Nc2ccc(Cl)cc2Cl)nnc1-c1ccc(OC2CCCC2)cc1. The van der Waals surface area contributed by atoms with Gasteiger partial charge in [0, 0.05) is 17.1 Å². The molecular weight excluding hydrogens is 467 g/mol. The van der Waals surface area contributed by atoms with Gasteiger partial charge in [-0.15, -0.1) is 10.2 Å². The monoisotopic (exact) mass is 490 g/mol. The van der Waals surface area contributed by atoms with Crippen LogP contribution in [0.15, 0.2) is 47.6 Å². The highest BCUT2D eigenvalue weighted by atomic mass is 35.5. The van der Waals surface area contributed by atoms with E-state index in [0.29, 0.717) is 33.5 Å². The summed E-state index contributed by atoms with van der Waals surface area (Å²) in [4.78, 5) is 12.4. The molecule has 2 aromatic carbocycles. The second-order valence-electron chi connectivity index (χ2n) is 7.56. The lowest BCUT2D eigenvalue weighted by molar-refractivity contribution is -0.113. The van der Waals surface area contributed by atoms with Gasteiger partial charge in [0.15, 0.2) is 11.0 Å². The van der Waals surface area contributed by atoms with Crippen LogP contribution >= 0.6 is 35.0 Å². The van der Waals surface area contributed by atoms with Crippen molar-refractivity contribution in [2.24, 2.45) is 0 Å². The summed E-state index contributed by atoms with van der Waals surface area (Å²) in [5.74, 6) is 1.66. The number of hydrogen-bond donors (Lipinski definition) is 1. The molecule has 1 N–H and O–H groups in total. The molecule has 6 nitrogen and oxygen atoms in total. The lowest BCUT2D eigenvalue weighted by Gasteiger charge is -2.13. The second kappa shape index (κ2) is 10.6. The zero-order chi connectivity index (χ0) is 22.5. The van der Waals surface area contributed by atoms with Gasteiger partial charge in [0.05, 0.1) is 22.6 Å². The minimum Gasteiger partial charge on any atom is -0.490 e. The van der Waals surface area contributed by atoms with E-state index < -0.39 is 0 Å². The molecule has 0 bridgehead atoms. The molecule has 0 unspecified atom stereocenters. The van der Waals surface area contributed by atoms with Crippen molar-refractivity contribution in [3.05, 3.63) is 52.5 Å². The fourth-order valence-corrected chi connectivity index (χ4v) is 4.94. The molecule has 168 valence electrons. The number of thioether (sulfide) groups is 1. The van der Waals surface area contributed by atoms with Crippen LogP contribution in [0.2, 0.25) is 10.0 Å². The Labute approximate surface area is 201 Å². The van der Waals surface area contributed by atoms with Crippen molar-refractivity contribution in [3.8, 4) is 17.1 Å². The first-order valence-corrected chi connectivity index (χ1v) is 12.4. The Morgan fingerprint density at radius 2 is 1.91 bits per heavy atom. The molecule has 1 aliphatic rings. The molecule has 0 atom stereocenters. The summed E-state index contributed by atoms with van der Waals surface area (Å²) in [6.45, 7) is 2.72. The average Bonchev–Trinajstić information content (AvgIpc) is 3.44. The van der Waals surface area contributed by atoms with Gasteiger partial charge in [0.2, 0.25) is 5.91 Å². The lowest BCUT2D eigenvalue weighted by atomic mass is 10.2. The van der Waals surface area contributed by atoms with Gasteiger partial charge in [-0.25, -0.2) is 0 Å². The topological polar surface area (TPSA) is 69.0 Å². The number of halogens is 2. The van der Waals surface area contributed by atoms with Gasteiger partial charge in [0.25, 0.3) is 0 Å². The van der Waals surface area contributed by atoms with E-state index in [1.54, 1.807) is 18.2 Å². The molecule has 1 heterocycles. The van der Waals surface area contributed by atoms with Crippen molar-refractivity contribution >= 4 is 46.6 Å². The van der Waals surface area contributed by atoms with Gasteiger partial charge in [0.1, 0.15) is 5.75 Å². The maximum absolute atomic E-state index is 12.4. The normalized spacial score (nSPS) is 14.0. The molecule has 32 heavy (non-hydrogen) atoms. The van der Waals surface area contributed by atoms with Gasteiger partial charge in [-0.3, -0.25) is 4.79 Å². The fraction of sp³-hybridized carbons (Fsp3) is 0.348. The fourth-order valence-electron chi connectivity index (χ4n) is 3.68. The van der Waals surface area contributed by atoms with Crippen LogP contribution in [0.3, 0.4) is 0 Å². The molecule has 4 rings (SSSR count). The zero-order valence-corrected chi connectivity index (χ0v) is 20.0. The van der Waals surface area contributed by atoms with Gasteiger partial charge in [-0.2, -0.15) is 0 Å². The standard InChI is InChI=1S/C23H24Cl2N4O2S/c1-2-29-22(15-7-10-18(11-8-15)31-17-5-3-4-6-17)27-28-23(29)32-14-21(30)26-20-12-9-16(24)13-19(20)25/h7-13,17H,2-6,14H2,1H3,(H,26,30). The Hall–Kier alpha value is -2.22. The van der Waals surface area contributed by atoms with Crippen LogP contribution in [-0.2, 0) is 11.3 Å². The largest absolute Gasteiger partial charge is 0.490 e. The van der Waals surface area contributed by atoms with Gasteiger partial charge in [-0.05, 0) is 75.1 Å².